The predicted molar refractivity (Wildman–Crippen MR) is 66.5 cm³/mol. The second kappa shape index (κ2) is 5.36. The van der Waals surface area contributed by atoms with Crippen LogP contribution >= 0.6 is 0 Å². The van der Waals surface area contributed by atoms with E-state index in [1.54, 1.807) is 12.1 Å². The molecule has 5 heteroatoms. The molecule has 0 atom stereocenters. The van der Waals surface area contributed by atoms with Gasteiger partial charge >= 0.3 is 0 Å². The van der Waals surface area contributed by atoms with Gasteiger partial charge in [-0.2, -0.15) is 5.26 Å². The van der Waals surface area contributed by atoms with Crippen molar-refractivity contribution >= 4 is 5.69 Å². The van der Waals surface area contributed by atoms with Crippen molar-refractivity contribution in [1.29, 1.82) is 5.26 Å². The minimum absolute atomic E-state index is 0.0313. The van der Waals surface area contributed by atoms with Crippen LogP contribution in [-0.2, 0) is 6.54 Å². The zero-order valence-electron chi connectivity index (χ0n) is 9.82. The van der Waals surface area contributed by atoms with E-state index in [0.717, 1.165) is 6.07 Å². The lowest BCUT2D eigenvalue weighted by Gasteiger charge is -2.07. The number of hydrogen-bond acceptors (Lipinski definition) is 3. The summed E-state index contributed by atoms with van der Waals surface area (Å²) in [5, 5.41) is 20.7. The first-order valence-corrected chi connectivity index (χ1v) is 5.51. The molecule has 0 saturated heterocycles. The fourth-order valence-corrected chi connectivity index (χ4v) is 1.59. The Morgan fingerprint density at radius 1 is 1.11 bits per heavy atom. The van der Waals surface area contributed by atoms with Crippen molar-refractivity contribution in [2.24, 2.45) is 0 Å². The first-order valence-electron chi connectivity index (χ1n) is 5.51. The van der Waals surface area contributed by atoms with Gasteiger partial charge in [-0.3, -0.25) is 0 Å². The number of benzene rings is 2. The number of aromatic hydroxyl groups is 1. The molecule has 0 amide bonds. The van der Waals surface area contributed by atoms with E-state index in [1.807, 2.05) is 0 Å². The fourth-order valence-electron chi connectivity index (χ4n) is 1.59. The second-order valence-corrected chi connectivity index (χ2v) is 3.95. The highest BCUT2D eigenvalue weighted by Gasteiger charge is 2.04. The van der Waals surface area contributed by atoms with E-state index in [9.17, 15) is 8.78 Å². The summed E-state index contributed by atoms with van der Waals surface area (Å²) in [6, 6.07) is 9.86. The van der Waals surface area contributed by atoms with Gasteiger partial charge in [0.15, 0.2) is 11.6 Å². The lowest BCUT2D eigenvalue weighted by atomic mass is 10.1. The third kappa shape index (κ3) is 2.99. The standard InChI is InChI=1S/C14H10F2N2O/c15-12-3-1-9(5-10(12)7-17)8-18-11-2-4-14(19)13(16)6-11/h1-6,18-19H,8H2. The Balaban J connectivity index is 2.10. The molecule has 3 nitrogen and oxygen atoms in total. The van der Waals surface area contributed by atoms with E-state index >= 15 is 0 Å². The first kappa shape index (κ1) is 12.8. The summed E-state index contributed by atoms with van der Waals surface area (Å²) in [4.78, 5) is 0. The van der Waals surface area contributed by atoms with Crippen molar-refractivity contribution in [3.63, 3.8) is 0 Å². The molecule has 2 aromatic carbocycles. The van der Waals surface area contributed by atoms with Crippen LogP contribution in [0.2, 0.25) is 0 Å². The number of phenolic OH excluding ortho intramolecular Hbond substituents is 1. The number of halogens is 2. The van der Waals surface area contributed by atoms with Gasteiger partial charge in [0.25, 0.3) is 0 Å². The molecule has 0 radical (unpaired) electrons. The van der Waals surface area contributed by atoms with E-state index in [2.05, 4.69) is 5.32 Å². The van der Waals surface area contributed by atoms with Gasteiger partial charge in [-0.25, -0.2) is 8.78 Å². The van der Waals surface area contributed by atoms with Crippen LogP contribution in [0.1, 0.15) is 11.1 Å². The zero-order valence-corrected chi connectivity index (χ0v) is 9.82. The largest absolute Gasteiger partial charge is 0.505 e. The van der Waals surface area contributed by atoms with Crippen LogP contribution in [0.15, 0.2) is 36.4 Å². The van der Waals surface area contributed by atoms with Crippen molar-refractivity contribution < 1.29 is 13.9 Å². The highest BCUT2D eigenvalue weighted by Crippen LogP contribution is 2.20. The van der Waals surface area contributed by atoms with Gasteiger partial charge in [-0.1, -0.05) is 6.07 Å². The maximum atomic E-state index is 13.1. The third-order valence-electron chi connectivity index (χ3n) is 2.60. The monoisotopic (exact) mass is 260 g/mol. The van der Waals surface area contributed by atoms with E-state index in [0.29, 0.717) is 17.8 Å². The van der Waals surface area contributed by atoms with Crippen LogP contribution in [0.25, 0.3) is 0 Å². The van der Waals surface area contributed by atoms with Gasteiger partial charge < -0.3 is 10.4 Å². The SMILES string of the molecule is N#Cc1cc(CNc2ccc(O)c(F)c2)ccc1F. The lowest BCUT2D eigenvalue weighted by molar-refractivity contribution is 0.432. The van der Waals surface area contributed by atoms with Gasteiger partial charge in [-0.05, 0) is 29.8 Å². The average molecular weight is 260 g/mol. The Hall–Kier alpha value is -2.61. The molecule has 0 spiro atoms. The molecular weight excluding hydrogens is 250 g/mol. The summed E-state index contributed by atoms with van der Waals surface area (Å²) in [7, 11) is 0. The normalized spacial score (nSPS) is 9.95. The predicted octanol–water partition coefficient (Wildman–Crippen LogP) is 3.15. The topological polar surface area (TPSA) is 56.0 Å². The Kier molecular flexibility index (Phi) is 3.62. The highest BCUT2D eigenvalue weighted by molar-refractivity contribution is 5.47. The van der Waals surface area contributed by atoms with E-state index in [1.165, 1.54) is 24.3 Å². The van der Waals surface area contributed by atoms with Crippen LogP contribution in [0.4, 0.5) is 14.5 Å². The molecule has 0 saturated carbocycles. The molecule has 0 aliphatic rings. The van der Waals surface area contributed by atoms with Gasteiger partial charge in [0.2, 0.25) is 0 Å². The Morgan fingerprint density at radius 3 is 2.58 bits per heavy atom. The Bertz CT molecular complexity index is 650. The second-order valence-electron chi connectivity index (χ2n) is 3.95. The summed E-state index contributed by atoms with van der Waals surface area (Å²) in [5.41, 5.74) is 1.15. The molecule has 0 aliphatic carbocycles. The molecule has 0 unspecified atom stereocenters. The highest BCUT2D eigenvalue weighted by atomic mass is 19.1. The van der Waals surface area contributed by atoms with Crippen LogP contribution in [0.3, 0.4) is 0 Å². The molecule has 0 bridgehead atoms. The maximum Gasteiger partial charge on any atom is 0.166 e. The van der Waals surface area contributed by atoms with Crippen LogP contribution in [0.5, 0.6) is 5.75 Å². The van der Waals surface area contributed by atoms with Crippen molar-refractivity contribution in [2.75, 3.05) is 5.32 Å². The summed E-state index contributed by atoms with van der Waals surface area (Å²) in [5.74, 6) is -1.71. The van der Waals surface area contributed by atoms with Gasteiger partial charge in [-0.15, -0.1) is 0 Å². The molecule has 0 heterocycles. The molecule has 2 aromatic rings. The molecular formula is C14H10F2N2O. The smallest absolute Gasteiger partial charge is 0.166 e. The molecule has 2 rings (SSSR count). The number of rotatable bonds is 3. The van der Waals surface area contributed by atoms with Crippen molar-refractivity contribution in [2.45, 2.75) is 6.54 Å². The van der Waals surface area contributed by atoms with E-state index < -0.39 is 17.4 Å². The minimum atomic E-state index is -0.721. The summed E-state index contributed by atoms with van der Waals surface area (Å²) < 4.78 is 26.2. The summed E-state index contributed by atoms with van der Waals surface area (Å²) in [6.07, 6.45) is 0. The number of hydrogen-bond donors (Lipinski definition) is 2. The zero-order chi connectivity index (χ0) is 13.8. The number of nitrogens with one attached hydrogen (secondary N) is 1. The van der Waals surface area contributed by atoms with Crippen LogP contribution in [-0.4, -0.2) is 5.11 Å². The molecule has 0 aromatic heterocycles. The fraction of sp³-hybridized carbons (Fsp3) is 0.0714. The number of nitriles is 1. The molecule has 96 valence electrons. The van der Waals surface area contributed by atoms with Gasteiger partial charge in [0.05, 0.1) is 5.56 Å². The number of phenols is 1. The third-order valence-corrected chi connectivity index (χ3v) is 2.60. The van der Waals surface area contributed by atoms with Crippen molar-refractivity contribution in [3.8, 4) is 11.8 Å². The van der Waals surface area contributed by atoms with Crippen molar-refractivity contribution in [3.05, 3.63) is 59.2 Å². The van der Waals surface area contributed by atoms with Gasteiger partial charge in [0.1, 0.15) is 11.9 Å². The number of nitrogens with zero attached hydrogens (tertiary/aromatic N) is 1. The van der Waals surface area contributed by atoms with Crippen LogP contribution in [0, 0.1) is 23.0 Å². The van der Waals surface area contributed by atoms with Crippen molar-refractivity contribution in [1.82, 2.24) is 0 Å². The quantitative estimate of drug-likeness (QED) is 0.833. The summed E-state index contributed by atoms with van der Waals surface area (Å²) >= 11 is 0. The van der Waals surface area contributed by atoms with Crippen LogP contribution < -0.4 is 5.32 Å². The average Bonchev–Trinajstić information content (AvgIpc) is 2.41. The molecule has 0 aliphatic heterocycles. The van der Waals surface area contributed by atoms with E-state index in [-0.39, 0.29) is 5.56 Å². The number of anilines is 1. The van der Waals surface area contributed by atoms with Gasteiger partial charge in [0, 0.05) is 18.3 Å². The lowest BCUT2D eigenvalue weighted by Crippen LogP contribution is -2.00. The van der Waals surface area contributed by atoms with E-state index in [4.69, 9.17) is 10.4 Å². The Labute approximate surface area is 108 Å². The molecule has 19 heavy (non-hydrogen) atoms. The molecule has 0 fully saturated rings. The minimum Gasteiger partial charge on any atom is -0.505 e. The maximum absolute atomic E-state index is 13.1. The first-order chi connectivity index (χ1) is 9.10. The summed E-state index contributed by atoms with van der Waals surface area (Å²) in [6.45, 7) is 0.319. The Morgan fingerprint density at radius 2 is 1.89 bits per heavy atom. The molecule has 2 N–H and O–H groups in total.